The first kappa shape index (κ1) is 17.5. The molecule has 136 valence electrons. The lowest BCUT2D eigenvalue weighted by molar-refractivity contribution is -0.0626. The molecule has 0 aliphatic carbocycles. The molecule has 1 aliphatic heterocycles. The molecule has 2 aromatic heterocycles. The molecule has 0 radical (unpaired) electrons. The number of ether oxygens (including phenoxy) is 3. The minimum Gasteiger partial charge on any atom is -0.382 e. The molecule has 0 bridgehead atoms. The van der Waals surface area contributed by atoms with Crippen LogP contribution in [0.3, 0.4) is 0 Å². The van der Waals surface area contributed by atoms with Crippen LogP contribution in [-0.2, 0) is 20.8 Å². The van der Waals surface area contributed by atoms with Crippen molar-refractivity contribution in [3.63, 3.8) is 0 Å². The van der Waals surface area contributed by atoms with Crippen LogP contribution in [0.5, 0.6) is 0 Å². The first-order valence-corrected chi connectivity index (χ1v) is 7.66. The molecule has 9 nitrogen and oxygen atoms in total. The van der Waals surface area contributed by atoms with Crippen LogP contribution < -0.4 is 11.2 Å². The molecule has 2 aromatic rings. The number of halogens is 1. The summed E-state index contributed by atoms with van der Waals surface area (Å²) in [7, 11) is 2.83. The first-order valence-electron chi connectivity index (χ1n) is 7.66. The van der Waals surface area contributed by atoms with Crippen LogP contribution in [0.15, 0.2) is 34.5 Å². The maximum atomic E-state index is 14.7. The van der Waals surface area contributed by atoms with E-state index < -0.39 is 35.9 Å². The molecule has 0 amide bonds. The average molecular weight is 354 g/mol. The van der Waals surface area contributed by atoms with E-state index >= 15 is 0 Å². The number of hydrogen-bond donors (Lipinski definition) is 1. The number of nitrogens with one attached hydrogen (secondary N) is 1. The summed E-state index contributed by atoms with van der Waals surface area (Å²) in [4.78, 5) is 30.3. The maximum absolute atomic E-state index is 14.7. The molecule has 1 unspecified atom stereocenters. The van der Waals surface area contributed by atoms with E-state index in [0.29, 0.717) is 0 Å². The van der Waals surface area contributed by atoms with Crippen molar-refractivity contribution >= 4 is 0 Å². The number of H-pyrrole nitrogens is 1. The van der Waals surface area contributed by atoms with Crippen molar-refractivity contribution in [3.8, 4) is 0 Å². The Morgan fingerprint density at radius 2 is 2.20 bits per heavy atom. The largest absolute Gasteiger partial charge is 0.382 e. The Hall–Kier alpha value is -2.30. The third-order valence-corrected chi connectivity index (χ3v) is 4.10. The highest BCUT2D eigenvalue weighted by Gasteiger charge is 2.46. The maximum Gasteiger partial charge on any atom is 0.330 e. The second-order valence-corrected chi connectivity index (χ2v) is 5.72. The Morgan fingerprint density at radius 3 is 2.84 bits per heavy atom. The normalized spacial score (nSPS) is 26.2. The number of aromatic nitrogens is 4. The molecule has 4 atom stereocenters. The number of methoxy groups -OCH3 is 2. The number of alkyl halides is 1. The fourth-order valence-corrected chi connectivity index (χ4v) is 2.90. The van der Waals surface area contributed by atoms with Gasteiger partial charge in [-0.1, -0.05) is 0 Å². The van der Waals surface area contributed by atoms with E-state index in [-0.39, 0.29) is 18.7 Å². The Morgan fingerprint density at radius 1 is 1.40 bits per heavy atom. The van der Waals surface area contributed by atoms with Crippen molar-refractivity contribution in [1.29, 1.82) is 0 Å². The molecule has 3 rings (SSSR count). The average Bonchev–Trinajstić information content (AvgIpc) is 3.19. The fraction of sp³-hybridized carbons (Fsp3) is 0.533. The van der Waals surface area contributed by atoms with E-state index in [1.165, 1.54) is 26.7 Å². The number of rotatable bonds is 6. The number of aromatic amines is 1. The summed E-state index contributed by atoms with van der Waals surface area (Å²) in [6, 6.07) is 0. The smallest absolute Gasteiger partial charge is 0.330 e. The van der Waals surface area contributed by atoms with E-state index in [4.69, 9.17) is 14.2 Å². The number of nitrogens with zero attached hydrogens (tertiary/aromatic N) is 3. The molecule has 1 aliphatic rings. The van der Waals surface area contributed by atoms with Crippen molar-refractivity contribution in [2.75, 3.05) is 20.8 Å². The van der Waals surface area contributed by atoms with Gasteiger partial charge in [0.05, 0.1) is 25.0 Å². The second-order valence-electron chi connectivity index (χ2n) is 5.72. The zero-order valence-corrected chi connectivity index (χ0v) is 13.8. The summed E-state index contributed by atoms with van der Waals surface area (Å²) in [5.41, 5.74) is -1.02. The van der Waals surface area contributed by atoms with Gasteiger partial charge in [0.15, 0.2) is 12.4 Å². The first-order chi connectivity index (χ1) is 12.0. The van der Waals surface area contributed by atoms with Gasteiger partial charge in [-0.3, -0.25) is 14.3 Å². The summed E-state index contributed by atoms with van der Waals surface area (Å²) < 4.78 is 33.2. The molecule has 1 N–H and O–H groups in total. The van der Waals surface area contributed by atoms with Crippen LogP contribution in [0.1, 0.15) is 11.8 Å². The Balaban J connectivity index is 1.94. The van der Waals surface area contributed by atoms with Crippen molar-refractivity contribution < 1.29 is 18.6 Å². The van der Waals surface area contributed by atoms with E-state index in [0.717, 1.165) is 4.57 Å². The minimum atomic E-state index is -1.59. The van der Waals surface area contributed by atoms with Crippen LogP contribution in [0.4, 0.5) is 4.39 Å². The lowest BCUT2D eigenvalue weighted by Crippen LogP contribution is -2.38. The lowest BCUT2D eigenvalue weighted by atomic mass is 10.1. The van der Waals surface area contributed by atoms with Crippen molar-refractivity contribution in [1.82, 2.24) is 19.1 Å². The molecule has 0 aromatic carbocycles. The molecule has 1 saturated heterocycles. The highest BCUT2D eigenvalue weighted by atomic mass is 19.1. The predicted octanol–water partition coefficient (Wildman–Crippen LogP) is -0.322. The van der Waals surface area contributed by atoms with Gasteiger partial charge in [-0.15, -0.1) is 0 Å². The molecule has 1 fully saturated rings. The molecule has 25 heavy (non-hydrogen) atoms. The van der Waals surface area contributed by atoms with Gasteiger partial charge in [0.25, 0.3) is 5.56 Å². The van der Waals surface area contributed by atoms with Gasteiger partial charge in [-0.25, -0.2) is 14.2 Å². The SMILES string of the molecule is COC[C@H]1OC(n2cc(Cn3ccnc3)c(=O)[nH]c2=O)[C@H](F)[C@@H]1OC. The van der Waals surface area contributed by atoms with E-state index in [1.54, 1.807) is 17.0 Å². The minimum absolute atomic E-state index is 0.120. The van der Waals surface area contributed by atoms with E-state index in [2.05, 4.69) is 9.97 Å². The highest BCUT2D eigenvalue weighted by molar-refractivity contribution is 5.07. The van der Waals surface area contributed by atoms with Gasteiger partial charge in [0.2, 0.25) is 0 Å². The molecule has 10 heteroatoms. The van der Waals surface area contributed by atoms with Crippen LogP contribution in [-0.4, -0.2) is 58.3 Å². The van der Waals surface area contributed by atoms with Gasteiger partial charge in [-0.05, 0) is 0 Å². The summed E-state index contributed by atoms with van der Waals surface area (Å²) in [5.74, 6) is 0. The lowest BCUT2D eigenvalue weighted by Gasteiger charge is -2.17. The van der Waals surface area contributed by atoms with Gasteiger partial charge in [0, 0.05) is 32.8 Å². The quantitative estimate of drug-likeness (QED) is 0.763. The standard InChI is InChI=1S/C15H19FN4O5/c1-23-7-10-12(24-2)11(16)14(25-10)20-6-9(13(21)18-15(20)22)5-19-4-3-17-8-19/h3-4,6,8,10-12,14H,5,7H2,1-2H3,(H,18,21,22)/t10-,11-,12-,14?/m1/s1. The number of imidazole rings is 1. The zero-order valence-electron chi connectivity index (χ0n) is 13.8. The van der Waals surface area contributed by atoms with Crippen LogP contribution >= 0.6 is 0 Å². The summed E-state index contributed by atoms with van der Waals surface area (Å²) in [5, 5.41) is 0. The van der Waals surface area contributed by atoms with Crippen LogP contribution in [0, 0.1) is 0 Å². The number of hydrogen-bond acceptors (Lipinski definition) is 6. The van der Waals surface area contributed by atoms with Crippen molar-refractivity contribution in [3.05, 3.63) is 51.3 Å². The molecule has 0 spiro atoms. The Labute approximate surface area is 142 Å². The van der Waals surface area contributed by atoms with Gasteiger partial charge < -0.3 is 18.8 Å². The Bertz CT molecular complexity index is 818. The molecular formula is C15H19FN4O5. The van der Waals surface area contributed by atoms with Crippen molar-refractivity contribution in [2.24, 2.45) is 0 Å². The monoisotopic (exact) mass is 354 g/mol. The van der Waals surface area contributed by atoms with Crippen LogP contribution in [0.25, 0.3) is 0 Å². The second kappa shape index (κ2) is 7.30. The molecule has 0 saturated carbocycles. The Kier molecular flexibility index (Phi) is 5.11. The summed E-state index contributed by atoms with van der Waals surface area (Å²) >= 11 is 0. The highest BCUT2D eigenvalue weighted by Crippen LogP contribution is 2.32. The third-order valence-electron chi connectivity index (χ3n) is 4.10. The van der Waals surface area contributed by atoms with Gasteiger partial charge >= 0.3 is 5.69 Å². The third kappa shape index (κ3) is 3.41. The van der Waals surface area contributed by atoms with Gasteiger partial charge in [0.1, 0.15) is 12.2 Å². The summed E-state index contributed by atoms with van der Waals surface area (Å²) in [6.45, 7) is 0.309. The van der Waals surface area contributed by atoms with Gasteiger partial charge in [-0.2, -0.15) is 0 Å². The molecule has 3 heterocycles. The van der Waals surface area contributed by atoms with Crippen LogP contribution in [0.2, 0.25) is 0 Å². The fourth-order valence-electron chi connectivity index (χ4n) is 2.90. The van der Waals surface area contributed by atoms with E-state index in [1.807, 2.05) is 0 Å². The summed E-state index contributed by atoms with van der Waals surface area (Å²) in [6.07, 6.45) is 1.75. The predicted molar refractivity (Wildman–Crippen MR) is 84.1 cm³/mol. The zero-order chi connectivity index (χ0) is 18.0. The molecular weight excluding hydrogens is 335 g/mol. The van der Waals surface area contributed by atoms with Crippen molar-refractivity contribution in [2.45, 2.75) is 31.2 Å². The van der Waals surface area contributed by atoms with E-state index in [9.17, 15) is 14.0 Å². The topological polar surface area (TPSA) is 100 Å².